The SMILES string of the molecule is COc1cc(C(=O)NC(=Nc2ccc(F)cc2C(F)(F)F)SC)ccc1-n1cnc(C)c1. The monoisotopic (exact) mass is 466 g/mol. The Morgan fingerprint density at radius 3 is 2.56 bits per heavy atom. The molecule has 0 atom stereocenters. The minimum atomic E-state index is -4.80. The fraction of sp³-hybridized carbons (Fsp3) is 0.190. The summed E-state index contributed by atoms with van der Waals surface area (Å²) < 4.78 is 60.1. The summed E-state index contributed by atoms with van der Waals surface area (Å²) in [7, 11) is 1.45. The van der Waals surface area contributed by atoms with E-state index in [2.05, 4.69) is 15.3 Å². The third-order valence-electron chi connectivity index (χ3n) is 4.33. The molecule has 1 N–H and O–H groups in total. The van der Waals surface area contributed by atoms with Gasteiger partial charge < -0.3 is 14.6 Å². The standard InChI is InChI=1S/C21H18F4N4O2S/c1-12-10-29(11-26-12)17-7-4-13(8-18(17)31-2)19(30)28-20(32-3)27-16-6-5-14(22)9-15(16)21(23,24)25/h4-11H,1-3H3,(H,27,28,30). The number of hydrogen-bond donors (Lipinski definition) is 1. The van der Waals surface area contributed by atoms with E-state index in [1.165, 1.54) is 13.2 Å². The predicted octanol–water partition coefficient (Wildman–Crippen LogP) is 5.13. The smallest absolute Gasteiger partial charge is 0.418 e. The van der Waals surface area contributed by atoms with E-state index in [4.69, 9.17) is 4.74 Å². The van der Waals surface area contributed by atoms with Crippen molar-refractivity contribution in [2.75, 3.05) is 13.4 Å². The van der Waals surface area contributed by atoms with E-state index in [0.717, 1.165) is 29.6 Å². The van der Waals surface area contributed by atoms with Crippen LogP contribution in [0.4, 0.5) is 23.2 Å². The molecule has 0 unspecified atom stereocenters. The Bertz CT molecular complexity index is 1170. The number of rotatable bonds is 4. The van der Waals surface area contributed by atoms with E-state index in [9.17, 15) is 22.4 Å². The third-order valence-corrected chi connectivity index (χ3v) is 4.91. The Labute approximate surface area is 185 Å². The van der Waals surface area contributed by atoms with E-state index >= 15 is 0 Å². The van der Waals surface area contributed by atoms with Gasteiger partial charge in [0.25, 0.3) is 5.91 Å². The lowest BCUT2D eigenvalue weighted by atomic mass is 10.1. The van der Waals surface area contributed by atoms with Crippen molar-refractivity contribution in [1.82, 2.24) is 14.9 Å². The number of aromatic nitrogens is 2. The topological polar surface area (TPSA) is 68.5 Å². The maximum Gasteiger partial charge on any atom is 0.418 e. The molecule has 6 nitrogen and oxygen atoms in total. The van der Waals surface area contributed by atoms with Crippen molar-refractivity contribution in [3.63, 3.8) is 0 Å². The van der Waals surface area contributed by atoms with Crippen LogP contribution in [0.2, 0.25) is 0 Å². The highest BCUT2D eigenvalue weighted by Gasteiger charge is 2.34. The van der Waals surface area contributed by atoms with Gasteiger partial charge in [-0.2, -0.15) is 13.2 Å². The Kier molecular flexibility index (Phi) is 6.87. The van der Waals surface area contributed by atoms with Gasteiger partial charge in [-0.3, -0.25) is 4.79 Å². The van der Waals surface area contributed by atoms with Crippen LogP contribution < -0.4 is 10.1 Å². The van der Waals surface area contributed by atoms with E-state index < -0.39 is 29.2 Å². The molecule has 1 amide bonds. The average Bonchev–Trinajstić information content (AvgIpc) is 3.19. The van der Waals surface area contributed by atoms with E-state index in [-0.39, 0.29) is 10.7 Å². The number of aryl methyl sites for hydroxylation is 1. The van der Waals surface area contributed by atoms with Crippen molar-refractivity contribution < 1.29 is 27.1 Å². The largest absolute Gasteiger partial charge is 0.495 e. The second-order valence-corrected chi connectivity index (χ2v) is 7.34. The van der Waals surface area contributed by atoms with Gasteiger partial charge in [-0.15, -0.1) is 0 Å². The normalized spacial score (nSPS) is 12.0. The van der Waals surface area contributed by atoms with E-state index in [1.807, 2.05) is 6.92 Å². The molecule has 1 heterocycles. The van der Waals surface area contributed by atoms with Crippen molar-refractivity contribution in [1.29, 1.82) is 0 Å². The van der Waals surface area contributed by atoms with Crippen LogP contribution in [0.15, 0.2) is 53.9 Å². The number of carbonyl (C=O) groups is 1. The molecule has 0 fully saturated rings. The number of amidine groups is 1. The van der Waals surface area contributed by atoms with Gasteiger partial charge in [-0.05, 0) is 49.6 Å². The molecule has 11 heteroatoms. The summed E-state index contributed by atoms with van der Waals surface area (Å²) in [6.07, 6.45) is 0.133. The molecule has 0 radical (unpaired) electrons. The van der Waals surface area contributed by atoms with Crippen LogP contribution in [-0.2, 0) is 6.18 Å². The van der Waals surface area contributed by atoms with Gasteiger partial charge in [-0.25, -0.2) is 14.4 Å². The zero-order valence-corrected chi connectivity index (χ0v) is 18.0. The number of imidazole rings is 1. The molecule has 168 valence electrons. The number of benzene rings is 2. The van der Waals surface area contributed by atoms with Crippen LogP contribution in [-0.4, -0.2) is 34.0 Å². The van der Waals surface area contributed by atoms with Gasteiger partial charge in [0.2, 0.25) is 0 Å². The highest BCUT2D eigenvalue weighted by Crippen LogP contribution is 2.37. The first-order valence-electron chi connectivity index (χ1n) is 9.12. The third kappa shape index (κ3) is 5.28. The summed E-state index contributed by atoms with van der Waals surface area (Å²) in [6.45, 7) is 1.83. The lowest BCUT2D eigenvalue weighted by molar-refractivity contribution is -0.137. The number of ether oxygens (including phenoxy) is 1. The molecule has 0 saturated carbocycles. The molecule has 1 aromatic heterocycles. The maximum absolute atomic E-state index is 13.3. The molecule has 0 aliphatic heterocycles. The number of carbonyl (C=O) groups excluding carboxylic acids is 1. The van der Waals surface area contributed by atoms with E-state index in [0.29, 0.717) is 17.5 Å². The van der Waals surface area contributed by atoms with Gasteiger partial charge in [0.1, 0.15) is 11.6 Å². The first-order chi connectivity index (χ1) is 15.1. The first kappa shape index (κ1) is 23.3. The number of amides is 1. The summed E-state index contributed by atoms with van der Waals surface area (Å²) in [5.41, 5.74) is -0.0792. The van der Waals surface area contributed by atoms with Crippen molar-refractivity contribution in [2.24, 2.45) is 4.99 Å². The number of hydrogen-bond acceptors (Lipinski definition) is 5. The van der Waals surface area contributed by atoms with Gasteiger partial charge in [0.15, 0.2) is 5.17 Å². The molecular weight excluding hydrogens is 448 g/mol. The minimum Gasteiger partial charge on any atom is -0.495 e. The van der Waals surface area contributed by atoms with Crippen LogP contribution in [0.3, 0.4) is 0 Å². The Balaban J connectivity index is 1.89. The second kappa shape index (κ2) is 9.43. The van der Waals surface area contributed by atoms with Crippen LogP contribution in [0, 0.1) is 12.7 Å². The lowest BCUT2D eigenvalue weighted by Gasteiger charge is -2.13. The van der Waals surface area contributed by atoms with Crippen LogP contribution in [0.25, 0.3) is 5.69 Å². The molecule has 0 aliphatic rings. The zero-order chi connectivity index (χ0) is 23.5. The molecule has 3 aromatic rings. The molecule has 0 aliphatic carbocycles. The van der Waals surface area contributed by atoms with Gasteiger partial charge in [0, 0.05) is 11.8 Å². The predicted molar refractivity (Wildman–Crippen MR) is 114 cm³/mol. The molecule has 32 heavy (non-hydrogen) atoms. The highest BCUT2D eigenvalue weighted by molar-refractivity contribution is 8.13. The zero-order valence-electron chi connectivity index (χ0n) is 17.2. The first-order valence-corrected chi connectivity index (χ1v) is 10.3. The van der Waals surface area contributed by atoms with Gasteiger partial charge >= 0.3 is 6.18 Å². The Hall–Kier alpha value is -3.34. The number of nitrogens with one attached hydrogen (secondary N) is 1. The molecule has 0 saturated heterocycles. The number of aliphatic imine (C=N–C) groups is 1. The van der Waals surface area contributed by atoms with Gasteiger partial charge in [0.05, 0.1) is 36.1 Å². The summed E-state index contributed by atoms with van der Waals surface area (Å²) in [5.74, 6) is -1.23. The fourth-order valence-corrected chi connectivity index (χ4v) is 3.21. The maximum atomic E-state index is 13.3. The number of alkyl halides is 3. The van der Waals surface area contributed by atoms with Crippen molar-refractivity contribution in [2.45, 2.75) is 13.1 Å². The van der Waals surface area contributed by atoms with Crippen molar-refractivity contribution >= 4 is 28.5 Å². The molecular formula is C21H18F4N4O2S. The Morgan fingerprint density at radius 1 is 1.22 bits per heavy atom. The lowest BCUT2D eigenvalue weighted by Crippen LogP contribution is -2.28. The molecule has 3 rings (SSSR count). The number of nitrogens with zero attached hydrogens (tertiary/aromatic N) is 3. The van der Waals surface area contributed by atoms with Crippen LogP contribution in [0.1, 0.15) is 21.6 Å². The fourth-order valence-electron chi connectivity index (χ4n) is 2.82. The molecule has 0 bridgehead atoms. The molecule has 2 aromatic carbocycles. The van der Waals surface area contributed by atoms with Crippen molar-refractivity contribution in [3.05, 3.63) is 71.6 Å². The average molecular weight is 466 g/mol. The van der Waals surface area contributed by atoms with Gasteiger partial charge in [-0.1, -0.05) is 11.8 Å². The van der Waals surface area contributed by atoms with E-state index in [1.54, 1.807) is 35.5 Å². The Morgan fingerprint density at radius 2 is 1.97 bits per heavy atom. The summed E-state index contributed by atoms with van der Waals surface area (Å²) >= 11 is 0.937. The summed E-state index contributed by atoms with van der Waals surface area (Å²) in [4.78, 5) is 20.7. The summed E-state index contributed by atoms with van der Waals surface area (Å²) in [5, 5.41) is 2.39. The number of methoxy groups -OCH3 is 1. The number of thioether (sulfide) groups is 1. The van der Waals surface area contributed by atoms with Crippen molar-refractivity contribution in [3.8, 4) is 11.4 Å². The second-order valence-electron chi connectivity index (χ2n) is 6.54. The number of halogens is 4. The highest BCUT2D eigenvalue weighted by atomic mass is 32.2. The van der Waals surface area contributed by atoms with Crippen LogP contribution in [0.5, 0.6) is 5.75 Å². The quantitative estimate of drug-likeness (QED) is 0.329. The van der Waals surface area contributed by atoms with Crippen LogP contribution >= 0.6 is 11.8 Å². The molecule has 0 spiro atoms. The minimum absolute atomic E-state index is 0.0830. The summed E-state index contributed by atoms with van der Waals surface area (Å²) in [6, 6.07) is 6.84.